The molecule has 8 nitrogen and oxygen atoms in total. The molecule has 0 unspecified atom stereocenters. The third kappa shape index (κ3) is 3.91. The van der Waals surface area contributed by atoms with Crippen LogP contribution < -0.4 is 0 Å². The molecule has 1 aliphatic rings. The number of carbonyl (C=O) groups is 1. The third-order valence-corrected chi connectivity index (χ3v) is 6.74. The molecule has 184 valence electrons. The highest BCUT2D eigenvalue weighted by Gasteiger charge is 2.32. The zero-order chi connectivity index (χ0) is 25.7. The van der Waals surface area contributed by atoms with Crippen LogP contribution in [0.25, 0.3) is 32.8 Å². The monoisotopic (exact) mass is 489 g/mol. The number of halogens is 2. The van der Waals surface area contributed by atoms with Crippen molar-refractivity contribution in [3.8, 4) is 17.1 Å². The van der Waals surface area contributed by atoms with Crippen molar-refractivity contribution in [2.24, 2.45) is 7.05 Å². The summed E-state index contributed by atoms with van der Waals surface area (Å²) in [6, 6.07) is 7.54. The molecule has 2 aromatic carbocycles. The summed E-state index contributed by atoms with van der Waals surface area (Å²) in [6.45, 7) is 10.1. The van der Waals surface area contributed by atoms with Crippen molar-refractivity contribution >= 4 is 22.5 Å². The summed E-state index contributed by atoms with van der Waals surface area (Å²) in [5.41, 5.74) is 1.68. The molecular weight excluding hydrogens is 464 g/mol. The van der Waals surface area contributed by atoms with Crippen LogP contribution in [0.2, 0.25) is 0 Å². The van der Waals surface area contributed by atoms with E-state index in [0.29, 0.717) is 35.4 Å². The number of rotatable bonds is 4. The third-order valence-electron chi connectivity index (χ3n) is 6.74. The Bertz CT molecular complexity index is 1550. The van der Waals surface area contributed by atoms with Crippen LogP contribution in [0.4, 0.5) is 14.5 Å². The lowest BCUT2D eigenvalue weighted by molar-refractivity contribution is 0.0777. The molecule has 0 bridgehead atoms. The average Bonchev–Trinajstić information content (AvgIpc) is 3.55. The normalized spacial score (nSPS) is 15.7. The van der Waals surface area contributed by atoms with Crippen molar-refractivity contribution in [3.63, 3.8) is 0 Å². The second-order valence-electron chi connectivity index (χ2n) is 9.31. The summed E-state index contributed by atoms with van der Waals surface area (Å²) in [5.74, 6) is -1.14. The molecule has 3 heterocycles. The number of likely N-dealkylation sites (N-methyl/N-ethyl adjacent to an activating group) is 1. The van der Waals surface area contributed by atoms with Crippen LogP contribution in [0.1, 0.15) is 22.6 Å². The van der Waals surface area contributed by atoms with E-state index in [1.54, 1.807) is 41.8 Å². The molecule has 2 aromatic heterocycles. The second-order valence-corrected chi connectivity index (χ2v) is 9.31. The van der Waals surface area contributed by atoms with Gasteiger partial charge >= 0.3 is 0 Å². The van der Waals surface area contributed by atoms with Crippen LogP contribution in [0.5, 0.6) is 0 Å². The van der Waals surface area contributed by atoms with Gasteiger partial charge in [0.05, 0.1) is 18.0 Å². The Morgan fingerprint density at radius 3 is 2.64 bits per heavy atom. The molecule has 0 saturated carbocycles. The highest BCUT2D eigenvalue weighted by Crippen LogP contribution is 2.32. The largest absolute Gasteiger partial charge is 0.336 e. The Hall–Kier alpha value is -4.10. The highest BCUT2D eigenvalue weighted by atomic mass is 19.1. The van der Waals surface area contributed by atoms with Crippen molar-refractivity contribution in [1.29, 1.82) is 0 Å². The second kappa shape index (κ2) is 8.84. The van der Waals surface area contributed by atoms with Gasteiger partial charge in [0, 0.05) is 49.4 Å². The van der Waals surface area contributed by atoms with Crippen LogP contribution in [-0.2, 0) is 7.05 Å². The molecule has 5 rings (SSSR count). The number of imidazole rings is 1. The number of benzene rings is 2. The number of hydrogen-bond acceptors (Lipinski definition) is 4. The van der Waals surface area contributed by atoms with Gasteiger partial charge in [0.25, 0.3) is 5.91 Å². The van der Waals surface area contributed by atoms with E-state index in [1.165, 1.54) is 22.9 Å². The van der Waals surface area contributed by atoms with Crippen molar-refractivity contribution < 1.29 is 13.6 Å². The minimum absolute atomic E-state index is 0.112. The van der Waals surface area contributed by atoms with Gasteiger partial charge in [-0.05, 0) is 39.6 Å². The van der Waals surface area contributed by atoms with Gasteiger partial charge in [0.2, 0.25) is 5.69 Å². The summed E-state index contributed by atoms with van der Waals surface area (Å²) < 4.78 is 32.8. The molecule has 36 heavy (non-hydrogen) atoms. The molecule has 1 amide bonds. The molecule has 0 spiro atoms. The van der Waals surface area contributed by atoms with Gasteiger partial charge in [0.1, 0.15) is 22.9 Å². The molecule has 10 heteroatoms. The van der Waals surface area contributed by atoms with Gasteiger partial charge in [0.15, 0.2) is 5.82 Å². The topological polar surface area (TPSA) is 63.6 Å². The van der Waals surface area contributed by atoms with Gasteiger partial charge in [-0.15, -0.1) is 0 Å². The first kappa shape index (κ1) is 23.6. The number of likely N-dealkylation sites (tertiary alicyclic amines) is 1. The van der Waals surface area contributed by atoms with Gasteiger partial charge in [-0.25, -0.2) is 18.6 Å². The molecule has 1 saturated heterocycles. The van der Waals surface area contributed by atoms with E-state index in [4.69, 9.17) is 6.57 Å². The standard InChI is InChI=1S/C26H25F2N7O/c1-15-23(26(36)34-9-8-18(14-34)32(3)4)30-25(16-6-7-22(29-2)20(27)11-16)35(15)19-10-17-13-33(5)31-24(17)21(28)12-19/h6-7,10-13,18H,8-9,14H2,1,3-5H3/t18-/m0/s1. The molecule has 1 atom stereocenters. The van der Waals surface area contributed by atoms with Crippen LogP contribution in [0.15, 0.2) is 36.5 Å². The summed E-state index contributed by atoms with van der Waals surface area (Å²) in [5, 5.41) is 4.75. The van der Waals surface area contributed by atoms with Crippen LogP contribution in [0, 0.1) is 25.1 Å². The van der Waals surface area contributed by atoms with E-state index >= 15 is 4.39 Å². The Morgan fingerprint density at radius 2 is 1.97 bits per heavy atom. The molecular formula is C26H25F2N7O. The Kier molecular flexibility index (Phi) is 5.80. The number of aromatic nitrogens is 4. The Balaban J connectivity index is 1.68. The smallest absolute Gasteiger partial charge is 0.274 e. The summed E-state index contributed by atoms with van der Waals surface area (Å²) >= 11 is 0. The van der Waals surface area contributed by atoms with E-state index in [9.17, 15) is 9.18 Å². The summed E-state index contributed by atoms with van der Waals surface area (Å²) in [4.78, 5) is 25.2. The Morgan fingerprint density at radius 1 is 1.19 bits per heavy atom. The molecule has 1 fully saturated rings. The zero-order valence-corrected chi connectivity index (χ0v) is 20.5. The number of amides is 1. The van der Waals surface area contributed by atoms with Gasteiger partial charge in [-0.3, -0.25) is 14.0 Å². The number of aryl methyl sites for hydroxylation is 1. The molecule has 0 N–H and O–H groups in total. The van der Waals surface area contributed by atoms with Crippen molar-refractivity contribution in [2.45, 2.75) is 19.4 Å². The van der Waals surface area contributed by atoms with E-state index in [0.717, 1.165) is 6.42 Å². The Labute approximate surface area is 207 Å². The molecule has 0 aliphatic carbocycles. The fourth-order valence-corrected chi connectivity index (χ4v) is 4.77. The minimum Gasteiger partial charge on any atom is -0.336 e. The van der Waals surface area contributed by atoms with E-state index in [2.05, 4.69) is 19.8 Å². The fraction of sp³-hybridized carbons (Fsp3) is 0.308. The first-order chi connectivity index (χ1) is 17.2. The lowest BCUT2D eigenvalue weighted by Gasteiger charge is -2.20. The van der Waals surface area contributed by atoms with Crippen molar-refractivity contribution in [1.82, 2.24) is 29.1 Å². The van der Waals surface area contributed by atoms with Gasteiger partial charge in [-0.2, -0.15) is 5.10 Å². The maximum Gasteiger partial charge on any atom is 0.274 e. The first-order valence-corrected chi connectivity index (χ1v) is 11.5. The van der Waals surface area contributed by atoms with Crippen molar-refractivity contribution in [2.75, 3.05) is 27.2 Å². The first-order valence-electron chi connectivity index (χ1n) is 11.5. The molecule has 0 radical (unpaired) electrons. The lowest BCUT2D eigenvalue weighted by Crippen LogP contribution is -2.34. The number of nitrogens with zero attached hydrogens (tertiary/aromatic N) is 7. The number of fused-ring (bicyclic) bond motifs is 1. The quantitative estimate of drug-likeness (QED) is 0.400. The van der Waals surface area contributed by atoms with E-state index in [-0.39, 0.29) is 34.7 Å². The predicted molar refractivity (Wildman–Crippen MR) is 132 cm³/mol. The molecule has 1 aliphatic heterocycles. The van der Waals surface area contributed by atoms with Gasteiger partial charge in [-0.1, -0.05) is 12.1 Å². The SMILES string of the molecule is [C-]#[N+]c1ccc(-c2nc(C(=O)N3CC[C@H](N(C)C)C3)c(C)n2-c2cc(F)c3nn(C)cc3c2)cc1F. The van der Waals surface area contributed by atoms with Crippen LogP contribution in [0.3, 0.4) is 0 Å². The van der Waals surface area contributed by atoms with Gasteiger partial charge < -0.3 is 9.80 Å². The van der Waals surface area contributed by atoms with E-state index in [1.807, 2.05) is 14.1 Å². The number of hydrogen-bond donors (Lipinski definition) is 0. The van der Waals surface area contributed by atoms with Crippen LogP contribution in [-0.4, -0.2) is 68.3 Å². The number of carbonyl (C=O) groups excluding carboxylic acids is 1. The van der Waals surface area contributed by atoms with Crippen molar-refractivity contribution in [3.05, 3.63) is 71.0 Å². The maximum absolute atomic E-state index is 15.0. The maximum atomic E-state index is 15.0. The zero-order valence-electron chi connectivity index (χ0n) is 20.5. The molecule has 4 aromatic rings. The summed E-state index contributed by atoms with van der Waals surface area (Å²) in [6.07, 6.45) is 2.56. The van der Waals surface area contributed by atoms with Crippen LogP contribution >= 0.6 is 0 Å². The minimum atomic E-state index is -0.690. The lowest BCUT2D eigenvalue weighted by atomic mass is 10.1. The summed E-state index contributed by atoms with van der Waals surface area (Å²) in [7, 11) is 5.69. The average molecular weight is 490 g/mol. The highest BCUT2D eigenvalue weighted by molar-refractivity contribution is 5.95. The van der Waals surface area contributed by atoms with E-state index < -0.39 is 11.6 Å². The predicted octanol–water partition coefficient (Wildman–Crippen LogP) is 4.34. The fourth-order valence-electron chi connectivity index (χ4n) is 4.77.